The molecule has 0 radical (unpaired) electrons. The highest BCUT2D eigenvalue weighted by molar-refractivity contribution is 6.04. The zero-order valence-electron chi connectivity index (χ0n) is 21.1. The molecule has 1 heterocycles. The average molecular weight is 503 g/mol. The van der Waals surface area contributed by atoms with E-state index in [1.807, 2.05) is 20.8 Å². The molecule has 3 rings (SSSR count). The number of rotatable bonds is 6. The van der Waals surface area contributed by atoms with Gasteiger partial charge in [0.15, 0.2) is 12.1 Å². The van der Waals surface area contributed by atoms with E-state index in [0.29, 0.717) is 30.8 Å². The number of aldehydes is 1. The Labute approximate surface area is 209 Å². The minimum absolute atomic E-state index is 0.0164. The fourth-order valence-electron chi connectivity index (χ4n) is 3.20. The van der Waals surface area contributed by atoms with Gasteiger partial charge in [-0.05, 0) is 24.1 Å². The molecule has 1 aliphatic rings. The SMILES string of the molecule is CC.CC(C)C(=O)c1cccc(CNC(=O)c2cc(F)cc(F)c2)c1C=O.CC1CCC(=O)NC1=O. The standard InChI is InChI=1S/C19H17F2NO3.C6H9NO2.C2H6/c1-11(2)18(24)16-5-3-4-12(17(16)10-23)9-22-19(25)13-6-14(20)8-15(21)7-13;1-4-2-3-5(8)7-6(4)9;1-2/h3-8,10-11H,9H2,1-2H3,(H,22,25);4H,2-3H2,1H3,(H,7,8,9);1-2H3. The lowest BCUT2D eigenvalue weighted by Crippen LogP contribution is -2.39. The van der Waals surface area contributed by atoms with Crippen molar-refractivity contribution in [2.24, 2.45) is 11.8 Å². The van der Waals surface area contributed by atoms with Crippen LogP contribution in [0.2, 0.25) is 0 Å². The van der Waals surface area contributed by atoms with Crippen molar-refractivity contribution in [3.05, 3.63) is 70.3 Å². The second-order valence-electron chi connectivity index (χ2n) is 8.21. The van der Waals surface area contributed by atoms with Crippen molar-refractivity contribution in [2.45, 2.75) is 54.0 Å². The smallest absolute Gasteiger partial charge is 0.251 e. The summed E-state index contributed by atoms with van der Waals surface area (Å²) in [6.07, 6.45) is 1.76. The van der Waals surface area contributed by atoms with Gasteiger partial charge >= 0.3 is 0 Å². The third kappa shape index (κ3) is 8.79. The molecule has 0 spiro atoms. The van der Waals surface area contributed by atoms with Crippen molar-refractivity contribution >= 4 is 29.8 Å². The largest absolute Gasteiger partial charge is 0.348 e. The highest BCUT2D eigenvalue weighted by Crippen LogP contribution is 2.17. The van der Waals surface area contributed by atoms with Crippen LogP contribution < -0.4 is 10.6 Å². The van der Waals surface area contributed by atoms with E-state index in [1.54, 1.807) is 32.0 Å². The van der Waals surface area contributed by atoms with Gasteiger partial charge in [-0.25, -0.2) is 8.78 Å². The predicted octanol–water partition coefficient (Wildman–Crippen LogP) is 4.63. The number of nitrogens with one attached hydrogen (secondary N) is 2. The number of Topliss-reactive ketones (excluding diaryl/α,β-unsaturated/α-hetero) is 1. The van der Waals surface area contributed by atoms with Gasteiger partial charge in [0, 0.05) is 47.6 Å². The lowest BCUT2D eigenvalue weighted by molar-refractivity contribution is -0.135. The molecule has 2 aromatic rings. The number of ketones is 1. The van der Waals surface area contributed by atoms with Gasteiger partial charge in [-0.1, -0.05) is 52.8 Å². The molecule has 1 saturated heterocycles. The molecule has 0 bridgehead atoms. The van der Waals surface area contributed by atoms with E-state index in [4.69, 9.17) is 0 Å². The maximum atomic E-state index is 13.2. The molecule has 36 heavy (non-hydrogen) atoms. The molecule has 194 valence electrons. The van der Waals surface area contributed by atoms with E-state index in [1.165, 1.54) is 0 Å². The summed E-state index contributed by atoms with van der Waals surface area (Å²) in [7, 11) is 0. The van der Waals surface area contributed by atoms with Crippen LogP contribution in [0.3, 0.4) is 0 Å². The Morgan fingerprint density at radius 2 is 1.72 bits per heavy atom. The molecule has 0 saturated carbocycles. The van der Waals surface area contributed by atoms with Gasteiger partial charge in [0.05, 0.1) is 0 Å². The van der Waals surface area contributed by atoms with Gasteiger partial charge in [0.1, 0.15) is 11.6 Å². The predicted molar refractivity (Wildman–Crippen MR) is 131 cm³/mol. The number of hydrogen-bond acceptors (Lipinski definition) is 5. The molecule has 0 aromatic heterocycles. The number of benzene rings is 2. The molecule has 7 nitrogen and oxygen atoms in total. The maximum Gasteiger partial charge on any atom is 0.251 e. The van der Waals surface area contributed by atoms with Crippen LogP contribution in [-0.2, 0) is 16.1 Å². The minimum Gasteiger partial charge on any atom is -0.348 e. The summed E-state index contributed by atoms with van der Waals surface area (Å²) in [6, 6.07) is 7.27. The summed E-state index contributed by atoms with van der Waals surface area (Å²) >= 11 is 0. The zero-order chi connectivity index (χ0) is 27.4. The highest BCUT2D eigenvalue weighted by Gasteiger charge is 2.21. The molecule has 0 aliphatic carbocycles. The Bertz CT molecular complexity index is 1100. The summed E-state index contributed by atoms with van der Waals surface area (Å²) in [6.45, 7) is 9.22. The number of halogens is 2. The first-order chi connectivity index (χ1) is 17.0. The van der Waals surface area contributed by atoms with E-state index < -0.39 is 17.5 Å². The summed E-state index contributed by atoms with van der Waals surface area (Å²) in [5.74, 6) is -3.12. The van der Waals surface area contributed by atoms with Gasteiger partial charge in [-0.15, -0.1) is 0 Å². The van der Waals surface area contributed by atoms with E-state index in [0.717, 1.165) is 12.1 Å². The molecule has 2 aromatic carbocycles. The van der Waals surface area contributed by atoms with Gasteiger partial charge < -0.3 is 5.32 Å². The number of carbonyl (C=O) groups excluding carboxylic acids is 5. The van der Waals surface area contributed by atoms with Crippen molar-refractivity contribution in [3.63, 3.8) is 0 Å². The second-order valence-corrected chi connectivity index (χ2v) is 8.21. The maximum absolute atomic E-state index is 13.2. The van der Waals surface area contributed by atoms with Crippen LogP contribution in [0.1, 0.15) is 84.1 Å². The number of imide groups is 1. The summed E-state index contributed by atoms with van der Waals surface area (Å²) in [5.41, 5.74) is 0.770. The molecule has 9 heteroatoms. The van der Waals surface area contributed by atoms with Crippen molar-refractivity contribution in [1.82, 2.24) is 10.6 Å². The first-order valence-electron chi connectivity index (χ1n) is 11.7. The normalized spacial score (nSPS) is 14.5. The fourth-order valence-corrected chi connectivity index (χ4v) is 3.20. The zero-order valence-corrected chi connectivity index (χ0v) is 21.1. The summed E-state index contributed by atoms with van der Waals surface area (Å²) in [5, 5.41) is 4.75. The number of piperidine rings is 1. The lowest BCUT2D eigenvalue weighted by atomic mass is 9.93. The molecule has 2 N–H and O–H groups in total. The lowest BCUT2D eigenvalue weighted by Gasteiger charge is -2.15. The molecular weight excluding hydrogens is 470 g/mol. The van der Waals surface area contributed by atoms with Crippen LogP contribution in [-0.4, -0.2) is 29.8 Å². The van der Waals surface area contributed by atoms with Crippen LogP contribution in [0.15, 0.2) is 36.4 Å². The van der Waals surface area contributed by atoms with Gasteiger partial charge in [-0.3, -0.25) is 29.3 Å². The molecular formula is C27H32F2N2O5. The Kier molecular flexibility index (Phi) is 12.3. The Hall–Kier alpha value is -3.75. The Balaban J connectivity index is 0.000000491. The first-order valence-corrected chi connectivity index (χ1v) is 11.7. The molecule has 1 unspecified atom stereocenters. The van der Waals surface area contributed by atoms with Crippen LogP contribution in [0.25, 0.3) is 0 Å². The van der Waals surface area contributed by atoms with Crippen LogP contribution >= 0.6 is 0 Å². The van der Waals surface area contributed by atoms with E-state index in [2.05, 4.69) is 10.6 Å². The van der Waals surface area contributed by atoms with Gasteiger partial charge in [-0.2, -0.15) is 0 Å². The third-order valence-electron chi connectivity index (χ3n) is 5.18. The van der Waals surface area contributed by atoms with Crippen LogP contribution in [0, 0.1) is 23.5 Å². The molecule has 3 amide bonds. The van der Waals surface area contributed by atoms with Gasteiger partial charge in [0.2, 0.25) is 11.8 Å². The fraction of sp³-hybridized carbons (Fsp3) is 0.370. The third-order valence-corrected chi connectivity index (χ3v) is 5.18. The molecule has 1 aliphatic heterocycles. The number of carbonyl (C=O) groups is 5. The van der Waals surface area contributed by atoms with E-state index in [-0.39, 0.29) is 52.7 Å². The number of amides is 3. The van der Waals surface area contributed by atoms with Crippen molar-refractivity contribution in [2.75, 3.05) is 0 Å². The summed E-state index contributed by atoms with van der Waals surface area (Å²) in [4.78, 5) is 56.8. The second kappa shape index (κ2) is 14.6. The molecule has 1 fully saturated rings. The van der Waals surface area contributed by atoms with Crippen molar-refractivity contribution in [3.8, 4) is 0 Å². The Morgan fingerprint density at radius 3 is 2.22 bits per heavy atom. The van der Waals surface area contributed by atoms with Crippen LogP contribution in [0.4, 0.5) is 8.78 Å². The number of hydrogen-bond donors (Lipinski definition) is 2. The van der Waals surface area contributed by atoms with Crippen molar-refractivity contribution < 1.29 is 32.8 Å². The van der Waals surface area contributed by atoms with E-state index in [9.17, 15) is 32.8 Å². The highest BCUT2D eigenvalue weighted by atomic mass is 19.1. The minimum atomic E-state index is -0.858. The molecule has 1 atom stereocenters. The van der Waals surface area contributed by atoms with Gasteiger partial charge in [0.25, 0.3) is 5.91 Å². The monoisotopic (exact) mass is 502 g/mol. The Morgan fingerprint density at radius 1 is 1.11 bits per heavy atom. The van der Waals surface area contributed by atoms with E-state index >= 15 is 0 Å². The first kappa shape index (κ1) is 30.3. The van der Waals surface area contributed by atoms with Crippen LogP contribution in [0.5, 0.6) is 0 Å². The average Bonchev–Trinajstić information content (AvgIpc) is 2.85. The topological polar surface area (TPSA) is 109 Å². The quantitative estimate of drug-likeness (QED) is 0.340. The van der Waals surface area contributed by atoms with Crippen molar-refractivity contribution in [1.29, 1.82) is 0 Å². The summed E-state index contributed by atoms with van der Waals surface area (Å²) < 4.78 is 26.4.